The van der Waals surface area contributed by atoms with E-state index >= 15 is 0 Å². The average molecular weight is 288 g/mol. The zero-order valence-electron chi connectivity index (χ0n) is 13.9. The van der Waals surface area contributed by atoms with E-state index in [2.05, 4.69) is 34.7 Å². The van der Waals surface area contributed by atoms with Gasteiger partial charge in [-0.2, -0.15) is 0 Å². The van der Waals surface area contributed by atoms with Gasteiger partial charge in [-0.25, -0.2) is 10.0 Å². The molecule has 0 aliphatic heterocycles. The molecule has 6 N–H and O–H groups in total. The lowest BCUT2D eigenvalue weighted by Crippen LogP contribution is -2.40. The fourth-order valence-electron chi connectivity index (χ4n) is 1.87. The largest absolute Gasteiger partial charge is 0.327 e. The number of rotatable bonds is 13. The molecule has 0 spiro atoms. The van der Waals surface area contributed by atoms with Crippen LogP contribution in [0.4, 0.5) is 0 Å². The first-order valence-electron chi connectivity index (χ1n) is 7.78. The van der Waals surface area contributed by atoms with E-state index in [0.29, 0.717) is 0 Å². The maximum Gasteiger partial charge on any atom is 0.0142 e. The fourth-order valence-corrected chi connectivity index (χ4v) is 1.87. The zero-order valence-corrected chi connectivity index (χ0v) is 13.9. The van der Waals surface area contributed by atoms with Gasteiger partial charge in [-0.1, -0.05) is 0 Å². The molecule has 0 aromatic rings. The van der Waals surface area contributed by atoms with Crippen LogP contribution in [0.15, 0.2) is 0 Å². The smallest absolute Gasteiger partial charge is 0.0142 e. The second kappa shape index (κ2) is 12.5. The number of nitrogens with zero attached hydrogens (tertiary/aromatic N) is 2. The SMILES string of the molecule is CC(N)CNCCCN(C)N(C)CCCNCC(C)N. The first-order chi connectivity index (χ1) is 9.43. The normalized spacial score (nSPS) is 15.0. The third-order valence-corrected chi connectivity index (χ3v) is 3.19. The van der Waals surface area contributed by atoms with Crippen LogP contribution < -0.4 is 22.1 Å². The lowest BCUT2D eigenvalue weighted by atomic mass is 10.3. The Labute approximate surface area is 125 Å². The summed E-state index contributed by atoms with van der Waals surface area (Å²) in [6, 6.07) is 0.471. The molecule has 2 atom stereocenters. The van der Waals surface area contributed by atoms with Gasteiger partial charge in [0, 0.05) is 52.4 Å². The van der Waals surface area contributed by atoms with E-state index in [0.717, 1.165) is 52.1 Å². The Kier molecular flexibility index (Phi) is 12.3. The molecule has 0 heterocycles. The van der Waals surface area contributed by atoms with Crippen LogP contribution in [-0.2, 0) is 0 Å². The molecular weight excluding hydrogens is 252 g/mol. The summed E-state index contributed by atoms with van der Waals surface area (Å²) in [5.41, 5.74) is 11.4. The molecule has 20 heavy (non-hydrogen) atoms. The van der Waals surface area contributed by atoms with Crippen molar-refractivity contribution < 1.29 is 0 Å². The Hall–Kier alpha value is -0.240. The third-order valence-electron chi connectivity index (χ3n) is 3.19. The maximum atomic E-state index is 5.69. The summed E-state index contributed by atoms with van der Waals surface area (Å²) >= 11 is 0. The van der Waals surface area contributed by atoms with Crippen LogP contribution in [0.5, 0.6) is 0 Å². The number of nitrogens with one attached hydrogen (secondary N) is 2. The first-order valence-corrected chi connectivity index (χ1v) is 7.78. The summed E-state index contributed by atoms with van der Waals surface area (Å²) in [4.78, 5) is 0. The molecule has 0 aliphatic carbocycles. The Morgan fingerprint density at radius 2 is 1.15 bits per heavy atom. The van der Waals surface area contributed by atoms with Crippen LogP contribution in [0.2, 0.25) is 0 Å². The van der Waals surface area contributed by atoms with Gasteiger partial charge in [-0.05, 0) is 39.8 Å². The van der Waals surface area contributed by atoms with Crippen molar-refractivity contribution in [2.75, 3.05) is 53.4 Å². The highest BCUT2D eigenvalue weighted by atomic mass is 15.6. The van der Waals surface area contributed by atoms with E-state index in [-0.39, 0.29) is 12.1 Å². The van der Waals surface area contributed by atoms with Gasteiger partial charge in [0.15, 0.2) is 0 Å². The Morgan fingerprint density at radius 3 is 1.45 bits per heavy atom. The van der Waals surface area contributed by atoms with Crippen molar-refractivity contribution in [2.24, 2.45) is 11.5 Å². The molecule has 0 rings (SSSR count). The summed E-state index contributed by atoms with van der Waals surface area (Å²) in [6.45, 7) is 10.0. The van der Waals surface area contributed by atoms with E-state index in [4.69, 9.17) is 11.5 Å². The highest BCUT2D eigenvalue weighted by molar-refractivity contribution is 4.60. The van der Waals surface area contributed by atoms with Gasteiger partial charge in [-0.3, -0.25) is 0 Å². The van der Waals surface area contributed by atoms with Crippen molar-refractivity contribution in [3.63, 3.8) is 0 Å². The molecule has 0 aromatic heterocycles. The lowest BCUT2D eigenvalue weighted by Gasteiger charge is -2.28. The summed E-state index contributed by atoms with van der Waals surface area (Å²) in [6.07, 6.45) is 2.27. The van der Waals surface area contributed by atoms with Crippen molar-refractivity contribution in [1.29, 1.82) is 0 Å². The molecule has 0 radical (unpaired) electrons. The van der Waals surface area contributed by atoms with Crippen molar-refractivity contribution in [3.05, 3.63) is 0 Å². The predicted molar refractivity (Wildman–Crippen MR) is 87.5 cm³/mol. The summed E-state index contributed by atoms with van der Waals surface area (Å²) in [7, 11) is 4.28. The minimum absolute atomic E-state index is 0.235. The molecule has 0 aromatic carbocycles. The van der Waals surface area contributed by atoms with Crippen molar-refractivity contribution in [1.82, 2.24) is 20.7 Å². The van der Waals surface area contributed by atoms with Gasteiger partial charge < -0.3 is 22.1 Å². The molecular formula is C14H36N6. The van der Waals surface area contributed by atoms with Gasteiger partial charge in [0.25, 0.3) is 0 Å². The summed E-state index contributed by atoms with van der Waals surface area (Å²) in [5, 5.41) is 11.3. The van der Waals surface area contributed by atoms with E-state index in [1.807, 2.05) is 13.8 Å². The average Bonchev–Trinajstić information content (AvgIpc) is 2.36. The highest BCUT2D eigenvalue weighted by Crippen LogP contribution is 1.94. The fraction of sp³-hybridized carbons (Fsp3) is 1.00. The van der Waals surface area contributed by atoms with E-state index < -0.39 is 0 Å². The molecule has 0 aliphatic rings. The number of nitrogens with two attached hydrogens (primary N) is 2. The second-order valence-corrected chi connectivity index (χ2v) is 5.83. The highest BCUT2D eigenvalue weighted by Gasteiger charge is 2.05. The van der Waals surface area contributed by atoms with Crippen LogP contribution in [0.1, 0.15) is 26.7 Å². The molecule has 6 heteroatoms. The van der Waals surface area contributed by atoms with Gasteiger partial charge >= 0.3 is 0 Å². The molecule has 0 saturated heterocycles. The van der Waals surface area contributed by atoms with Crippen molar-refractivity contribution in [2.45, 2.75) is 38.8 Å². The van der Waals surface area contributed by atoms with Crippen LogP contribution in [-0.4, -0.2) is 75.5 Å². The molecule has 0 fully saturated rings. The standard InChI is InChI=1S/C14H36N6/c1-13(15)11-17-7-5-9-19(3)20(4)10-6-8-18-12-14(2)16/h13-14,17-18H,5-12,15-16H2,1-4H3. The lowest BCUT2D eigenvalue weighted by molar-refractivity contribution is 0.0254. The second-order valence-electron chi connectivity index (χ2n) is 5.83. The van der Waals surface area contributed by atoms with Crippen LogP contribution >= 0.6 is 0 Å². The zero-order chi connectivity index (χ0) is 15.4. The molecule has 122 valence electrons. The van der Waals surface area contributed by atoms with E-state index in [1.54, 1.807) is 0 Å². The Morgan fingerprint density at radius 1 is 0.800 bits per heavy atom. The summed E-state index contributed by atoms with van der Waals surface area (Å²) in [5.74, 6) is 0. The molecule has 2 unspecified atom stereocenters. The van der Waals surface area contributed by atoms with E-state index in [9.17, 15) is 0 Å². The molecule has 0 amide bonds. The minimum atomic E-state index is 0.235. The molecule has 0 bridgehead atoms. The summed E-state index contributed by atoms with van der Waals surface area (Å²) < 4.78 is 0. The predicted octanol–water partition coefficient (Wildman–Crippen LogP) is -0.581. The molecule has 6 nitrogen and oxygen atoms in total. The van der Waals surface area contributed by atoms with E-state index in [1.165, 1.54) is 0 Å². The molecule has 0 saturated carbocycles. The van der Waals surface area contributed by atoms with Crippen LogP contribution in [0.25, 0.3) is 0 Å². The van der Waals surface area contributed by atoms with Crippen LogP contribution in [0, 0.1) is 0 Å². The quantitative estimate of drug-likeness (QED) is 0.268. The van der Waals surface area contributed by atoms with Crippen molar-refractivity contribution in [3.8, 4) is 0 Å². The Balaban J connectivity index is 3.44. The number of hydrogen-bond donors (Lipinski definition) is 4. The minimum Gasteiger partial charge on any atom is -0.327 e. The Bertz CT molecular complexity index is 188. The van der Waals surface area contributed by atoms with Crippen molar-refractivity contribution >= 4 is 0 Å². The van der Waals surface area contributed by atoms with Gasteiger partial charge in [-0.15, -0.1) is 0 Å². The third kappa shape index (κ3) is 12.8. The maximum absolute atomic E-state index is 5.69. The van der Waals surface area contributed by atoms with Gasteiger partial charge in [0.05, 0.1) is 0 Å². The topological polar surface area (TPSA) is 82.6 Å². The number of hydrogen-bond acceptors (Lipinski definition) is 6. The first kappa shape index (κ1) is 19.8. The van der Waals surface area contributed by atoms with Gasteiger partial charge in [0.2, 0.25) is 0 Å². The van der Waals surface area contributed by atoms with Gasteiger partial charge in [0.1, 0.15) is 0 Å². The monoisotopic (exact) mass is 288 g/mol. The number of hydrazine groups is 1. The van der Waals surface area contributed by atoms with Crippen LogP contribution in [0.3, 0.4) is 0 Å².